The molecular formula is C12H14N2O5. The Morgan fingerprint density at radius 2 is 1.95 bits per heavy atom. The third-order valence-corrected chi connectivity index (χ3v) is 2.11. The molecule has 7 heteroatoms. The number of amides is 2. The van der Waals surface area contributed by atoms with E-state index in [9.17, 15) is 14.4 Å². The lowest BCUT2D eigenvalue weighted by molar-refractivity contribution is -0.139. The number of benzene rings is 1. The molecule has 102 valence electrons. The Bertz CT molecular complexity index is 513. The summed E-state index contributed by atoms with van der Waals surface area (Å²) in [6.45, 7) is 1.35. The van der Waals surface area contributed by atoms with Crippen LogP contribution in [0.4, 0.5) is 11.4 Å². The average molecular weight is 266 g/mol. The number of rotatable bonds is 5. The fourth-order valence-electron chi connectivity index (χ4n) is 1.42. The fraction of sp³-hybridized carbons (Fsp3) is 0.250. The third-order valence-electron chi connectivity index (χ3n) is 2.11. The van der Waals surface area contributed by atoms with E-state index in [2.05, 4.69) is 10.6 Å². The molecule has 0 spiro atoms. The number of anilines is 2. The number of hydrogen-bond acceptors (Lipinski definition) is 4. The quantitative estimate of drug-likeness (QED) is 0.691. The molecule has 0 fully saturated rings. The van der Waals surface area contributed by atoms with Gasteiger partial charge in [0.05, 0.1) is 12.8 Å². The van der Waals surface area contributed by atoms with Gasteiger partial charge in [0.25, 0.3) is 0 Å². The van der Waals surface area contributed by atoms with Crippen LogP contribution in [-0.2, 0) is 14.4 Å². The number of nitrogens with one attached hydrogen (secondary N) is 2. The summed E-state index contributed by atoms with van der Waals surface area (Å²) in [4.78, 5) is 32.7. The van der Waals surface area contributed by atoms with Gasteiger partial charge in [0.1, 0.15) is 12.2 Å². The van der Waals surface area contributed by atoms with Gasteiger partial charge in [-0.2, -0.15) is 0 Å². The molecular weight excluding hydrogens is 252 g/mol. The smallest absolute Gasteiger partial charge is 0.312 e. The van der Waals surface area contributed by atoms with E-state index in [1.807, 2.05) is 0 Å². The molecule has 7 nitrogen and oxygen atoms in total. The van der Waals surface area contributed by atoms with Crippen LogP contribution in [0.1, 0.15) is 13.3 Å². The van der Waals surface area contributed by atoms with E-state index in [4.69, 9.17) is 9.84 Å². The summed E-state index contributed by atoms with van der Waals surface area (Å²) < 4.78 is 5.04. The molecule has 0 heterocycles. The molecule has 0 bridgehead atoms. The van der Waals surface area contributed by atoms with Crippen LogP contribution in [0.2, 0.25) is 0 Å². The molecule has 0 atom stereocenters. The Balaban J connectivity index is 2.92. The molecule has 0 unspecified atom stereocenters. The summed E-state index contributed by atoms with van der Waals surface area (Å²) in [7, 11) is 1.42. The second-order valence-electron chi connectivity index (χ2n) is 3.71. The summed E-state index contributed by atoms with van der Waals surface area (Å²) in [5.41, 5.74) is 0.763. The normalized spacial score (nSPS) is 9.58. The monoisotopic (exact) mass is 266 g/mol. The van der Waals surface area contributed by atoms with Gasteiger partial charge in [-0.3, -0.25) is 14.4 Å². The summed E-state index contributed by atoms with van der Waals surface area (Å²) in [5, 5.41) is 13.5. The minimum Gasteiger partial charge on any atom is -0.495 e. The van der Waals surface area contributed by atoms with Gasteiger partial charge in [-0.1, -0.05) is 0 Å². The van der Waals surface area contributed by atoms with Crippen molar-refractivity contribution in [2.45, 2.75) is 13.3 Å². The first-order chi connectivity index (χ1) is 8.92. The van der Waals surface area contributed by atoms with Crippen LogP contribution >= 0.6 is 0 Å². The summed E-state index contributed by atoms with van der Waals surface area (Å²) in [6.07, 6.45) is -0.645. The second-order valence-corrected chi connectivity index (χ2v) is 3.71. The van der Waals surface area contributed by atoms with Crippen molar-refractivity contribution < 1.29 is 24.2 Å². The number of aliphatic carboxylic acids is 1. The summed E-state index contributed by atoms with van der Waals surface area (Å²) >= 11 is 0. The highest BCUT2D eigenvalue weighted by atomic mass is 16.5. The van der Waals surface area contributed by atoms with Crippen molar-refractivity contribution in [2.24, 2.45) is 0 Å². The maximum Gasteiger partial charge on any atom is 0.312 e. The maximum atomic E-state index is 11.4. The second kappa shape index (κ2) is 6.39. The molecule has 19 heavy (non-hydrogen) atoms. The van der Waals surface area contributed by atoms with E-state index in [1.54, 1.807) is 12.1 Å². The number of carbonyl (C=O) groups excluding carboxylic acids is 2. The highest BCUT2D eigenvalue weighted by Gasteiger charge is 2.12. The lowest BCUT2D eigenvalue weighted by Gasteiger charge is -2.11. The van der Waals surface area contributed by atoms with Crippen LogP contribution in [0.3, 0.4) is 0 Å². The maximum absolute atomic E-state index is 11.4. The molecule has 0 aliphatic carbocycles. The van der Waals surface area contributed by atoms with Gasteiger partial charge in [-0.15, -0.1) is 0 Å². The lowest BCUT2D eigenvalue weighted by Crippen LogP contribution is -2.16. The van der Waals surface area contributed by atoms with E-state index < -0.39 is 18.3 Å². The van der Waals surface area contributed by atoms with Crippen molar-refractivity contribution in [3.63, 3.8) is 0 Å². The fourth-order valence-corrected chi connectivity index (χ4v) is 1.42. The molecule has 3 N–H and O–H groups in total. The van der Waals surface area contributed by atoms with Crippen molar-refractivity contribution >= 4 is 29.2 Å². The average Bonchev–Trinajstić information content (AvgIpc) is 2.27. The van der Waals surface area contributed by atoms with Crippen LogP contribution in [-0.4, -0.2) is 30.0 Å². The Morgan fingerprint density at radius 1 is 1.26 bits per heavy atom. The number of ether oxygens (including phenoxy) is 1. The largest absolute Gasteiger partial charge is 0.495 e. The Kier molecular flexibility index (Phi) is 4.87. The van der Waals surface area contributed by atoms with Crippen LogP contribution in [0.25, 0.3) is 0 Å². The van der Waals surface area contributed by atoms with Gasteiger partial charge in [0, 0.05) is 12.6 Å². The zero-order valence-corrected chi connectivity index (χ0v) is 10.5. The third kappa shape index (κ3) is 4.66. The topological polar surface area (TPSA) is 105 Å². The molecule has 0 saturated carbocycles. The molecule has 0 aliphatic heterocycles. The first kappa shape index (κ1) is 14.5. The van der Waals surface area contributed by atoms with Gasteiger partial charge in [-0.05, 0) is 18.2 Å². The molecule has 1 aromatic carbocycles. The van der Waals surface area contributed by atoms with Gasteiger partial charge in [-0.25, -0.2) is 0 Å². The van der Waals surface area contributed by atoms with Crippen LogP contribution in [0.15, 0.2) is 18.2 Å². The highest BCUT2D eigenvalue weighted by molar-refractivity contribution is 6.02. The molecule has 1 aromatic rings. The van der Waals surface area contributed by atoms with Gasteiger partial charge in [0.2, 0.25) is 11.8 Å². The van der Waals surface area contributed by atoms with E-state index >= 15 is 0 Å². The predicted molar refractivity (Wildman–Crippen MR) is 68.2 cm³/mol. The van der Waals surface area contributed by atoms with Crippen molar-refractivity contribution in [2.75, 3.05) is 17.7 Å². The summed E-state index contributed by atoms with van der Waals surface area (Å²) in [6, 6.07) is 4.65. The number of hydrogen-bond donors (Lipinski definition) is 3. The van der Waals surface area contributed by atoms with Gasteiger partial charge in [0.15, 0.2) is 0 Å². The molecule has 2 amide bonds. The molecule has 1 rings (SSSR count). The Labute approximate surface area is 109 Å². The lowest BCUT2D eigenvalue weighted by atomic mass is 10.2. The number of carbonyl (C=O) groups is 3. The minimum atomic E-state index is -1.23. The Hall–Kier alpha value is -2.57. The minimum absolute atomic E-state index is 0.257. The zero-order chi connectivity index (χ0) is 14.4. The number of carboxylic acid groups (broad SMARTS) is 1. The van der Waals surface area contributed by atoms with Crippen molar-refractivity contribution in [3.05, 3.63) is 18.2 Å². The van der Waals surface area contributed by atoms with E-state index in [0.717, 1.165) is 0 Å². The number of methoxy groups -OCH3 is 1. The van der Waals surface area contributed by atoms with Gasteiger partial charge < -0.3 is 20.5 Å². The van der Waals surface area contributed by atoms with Crippen molar-refractivity contribution in [3.8, 4) is 5.75 Å². The molecule has 0 aromatic heterocycles. The number of carboxylic acids is 1. The first-order valence-corrected chi connectivity index (χ1v) is 5.39. The highest BCUT2D eigenvalue weighted by Crippen LogP contribution is 2.27. The molecule has 0 radical (unpaired) electrons. The van der Waals surface area contributed by atoms with E-state index in [-0.39, 0.29) is 5.91 Å². The summed E-state index contributed by atoms with van der Waals surface area (Å²) in [5.74, 6) is -1.79. The molecule has 0 saturated heterocycles. The van der Waals surface area contributed by atoms with E-state index in [1.165, 1.54) is 20.1 Å². The SMILES string of the molecule is COc1ccc(NC(C)=O)cc1NC(=O)CC(=O)O. The van der Waals surface area contributed by atoms with Crippen molar-refractivity contribution in [1.29, 1.82) is 0 Å². The van der Waals surface area contributed by atoms with Crippen LogP contribution < -0.4 is 15.4 Å². The van der Waals surface area contributed by atoms with Crippen LogP contribution in [0, 0.1) is 0 Å². The van der Waals surface area contributed by atoms with Gasteiger partial charge >= 0.3 is 5.97 Å². The van der Waals surface area contributed by atoms with Crippen molar-refractivity contribution in [1.82, 2.24) is 0 Å². The predicted octanol–water partition coefficient (Wildman–Crippen LogP) is 1.07. The zero-order valence-electron chi connectivity index (χ0n) is 10.5. The van der Waals surface area contributed by atoms with E-state index in [0.29, 0.717) is 17.1 Å². The first-order valence-electron chi connectivity index (χ1n) is 5.39. The molecule has 0 aliphatic rings. The Morgan fingerprint density at radius 3 is 2.47 bits per heavy atom. The van der Waals surface area contributed by atoms with Crippen LogP contribution in [0.5, 0.6) is 5.75 Å². The standard InChI is InChI=1S/C12H14N2O5/c1-7(15)13-8-3-4-10(19-2)9(5-8)14-11(16)6-12(17)18/h3-5H,6H2,1-2H3,(H,13,15)(H,14,16)(H,17,18).